The fourth-order valence-corrected chi connectivity index (χ4v) is 4.58. The maximum Gasteiger partial charge on any atom is 2.00 e. The van der Waals surface area contributed by atoms with Crippen molar-refractivity contribution in [1.29, 1.82) is 0 Å². The predicted octanol–water partition coefficient (Wildman–Crippen LogP) is 3.61. The number of benzene rings is 2. The fraction of sp³-hybridized carbons (Fsp3) is 0.400. The van der Waals surface area contributed by atoms with Crippen molar-refractivity contribution in [3.8, 4) is 0 Å². The van der Waals surface area contributed by atoms with Crippen molar-refractivity contribution in [2.45, 2.75) is 79.1 Å². The minimum absolute atomic E-state index is 0. The van der Waals surface area contributed by atoms with Crippen molar-refractivity contribution in [3.05, 3.63) is 82.9 Å². The van der Waals surface area contributed by atoms with Gasteiger partial charge in [-0.25, -0.2) is 0 Å². The molecule has 4 aromatic carbocycles. The van der Waals surface area contributed by atoms with Crippen LogP contribution in [0.2, 0.25) is 0 Å². The Balaban J connectivity index is 0. The van der Waals surface area contributed by atoms with Crippen molar-refractivity contribution in [2.24, 2.45) is 0 Å². The maximum absolute atomic E-state index is 2.29. The number of halogens is 2. The average Bonchev–Trinajstić information content (AvgIpc) is 3.35. The summed E-state index contributed by atoms with van der Waals surface area (Å²) >= 11 is 0. The summed E-state index contributed by atoms with van der Waals surface area (Å²) in [6, 6.07) is 22.5. The van der Waals surface area contributed by atoms with Crippen LogP contribution in [-0.4, -0.2) is 0 Å². The summed E-state index contributed by atoms with van der Waals surface area (Å²) in [5.41, 5.74) is 5.89. The van der Waals surface area contributed by atoms with Crippen LogP contribution in [0.1, 0.15) is 101 Å². The van der Waals surface area contributed by atoms with E-state index >= 15 is 0 Å². The number of fused-ring (bicyclic) bond motifs is 2. The van der Waals surface area contributed by atoms with E-state index in [0.717, 1.165) is 0 Å². The molecule has 0 N–H and O–H groups in total. The molecule has 0 fully saturated rings. The zero-order valence-electron chi connectivity index (χ0n) is 21.8. The molecular weight excluding hydrogens is 614 g/mol. The molecule has 0 radical (unpaired) electrons. The molecule has 0 bridgehead atoms. The van der Waals surface area contributed by atoms with Gasteiger partial charge in [-0.2, -0.15) is 24.3 Å². The van der Waals surface area contributed by atoms with Gasteiger partial charge in [0, 0.05) is 0 Å². The molecule has 0 aliphatic rings. The van der Waals surface area contributed by atoms with Gasteiger partial charge in [0.25, 0.3) is 0 Å². The van der Waals surface area contributed by atoms with E-state index in [4.69, 9.17) is 0 Å². The van der Waals surface area contributed by atoms with Crippen LogP contribution in [0, 0.1) is 0 Å². The second-order valence-electron chi connectivity index (χ2n) is 9.81. The van der Waals surface area contributed by atoms with Crippen molar-refractivity contribution in [2.75, 3.05) is 0 Å². The van der Waals surface area contributed by atoms with Crippen molar-refractivity contribution >= 4 is 21.5 Å². The monoisotopic (exact) mass is 648 g/mol. The van der Waals surface area contributed by atoms with Gasteiger partial charge in [0.05, 0.1) is 0 Å². The van der Waals surface area contributed by atoms with E-state index in [1.807, 2.05) is 0 Å². The van der Waals surface area contributed by atoms with Crippen LogP contribution >= 0.6 is 0 Å². The van der Waals surface area contributed by atoms with E-state index in [-0.39, 0.29) is 77.2 Å². The third-order valence-electron chi connectivity index (χ3n) is 6.25. The Hall–Kier alpha value is 0.00623. The standard InChI is InChI=1S/2C15H19.2ClH.2Zr/c2*1-10(2)12-8-9-13(11(3)4)15-7-5-6-14(12)15;;;;/h2*5-11H,1-4H3;2*1H;;/q2*-1;;;2*+2/p-2. The molecule has 4 heteroatoms. The topological polar surface area (TPSA) is 0 Å². The molecule has 0 aromatic heterocycles. The number of hydrogen-bond donors (Lipinski definition) is 0. The van der Waals surface area contributed by atoms with Crippen LogP contribution in [-0.2, 0) is 52.4 Å². The summed E-state index contributed by atoms with van der Waals surface area (Å²) in [6.45, 7) is 18.1. The molecular formula is C30H38Cl2Zr2. The normalized spacial score (nSPS) is 10.5. The number of rotatable bonds is 4. The first kappa shape index (κ1) is 36.2. The van der Waals surface area contributed by atoms with Gasteiger partial charge in [0.2, 0.25) is 0 Å². The first-order valence-corrected chi connectivity index (χ1v) is 11.6. The minimum atomic E-state index is 0. The molecule has 0 saturated carbocycles. The third-order valence-corrected chi connectivity index (χ3v) is 6.25. The van der Waals surface area contributed by atoms with Gasteiger partial charge < -0.3 is 24.8 Å². The van der Waals surface area contributed by atoms with Gasteiger partial charge in [-0.3, -0.25) is 0 Å². The molecule has 4 rings (SSSR count). The van der Waals surface area contributed by atoms with Gasteiger partial charge in [-0.15, -0.1) is 56.9 Å². The summed E-state index contributed by atoms with van der Waals surface area (Å²) in [5.74, 6) is 2.43. The quantitative estimate of drug-likeness (QED) is 0.296. The van der Waals surface area contributed by atoms with Crippen molar-refractivity contribution < 1.29 is 77.2 Å². The van der Waals surface area contributed by atoms with Crippen LogP contribution in [0.5, 0.6) is 0 Å². The summed E-state index contributed by atoms with van der Waals surface area (Å²) in [5, 5.41) is 5.76. The molecule has 0 aliphatic carbocycles. The van der Waals surface area contributed by atoms with E-state index in [9.17, 15) is 0 Å². The zero-order valence-corrected chi connectivity index (χ0v) is 28.3. The number of hydrogen-bond acceptors (Lipinski definition) is 0. The van der Waals surface area contributed by atoms with Crippen LogP contribution < -0.4 is 24.8 Å². The summed E-state index contributed by atoms with van der Waals surface area (Å²) < 4.78 is 0. The van der Waals surface area contributed by atoms with Crippen LogP contribution in [0.4, 0.5) is 0 Å². The van der Waals surface area contributed by atoms with E-state index in [1.54, 1.807) is 0 Å². The van der Waals surface area contributed by atoms with Crippen LogP contribution in [0.15, 0.2) is 60.7 Å². The SMILES string of the molecule is CC(C)c1ccc(C(C)C)c2[cH-]ccc12.CC(C)c1ccc(C(C)C)c2[cH-]ccc12.[Cl-].[Cl-].[Zr+2].[Zr+2]. The van der Waals surface area contributed by atoms with Crippen molar-refractivity contribution in [1.82, 2.24) is 0 Å². The second-order valence-corrected chi connectivity index (χ2v) is 9.81. The molecule has 0 unspecified atom stereocenters. The first-order chi connectivity index (χ1) is 14.2. The molecule has 4 aromatic rings. The van der Waals surface area contributed by atoms with E-state index < -0.39 is 0 Å². The Kier molecular flexibility index (Phi) is 17.0. The molecule has 0 nitrogen and oxygen atoms in total. The Labute approximate surface area is 258 Å². The van der Waals surface area contributed by atoms with E-state index in [2.05, 4.69) is 116 Å². The third kappa shape index (κ3) is 8.00. The second kappa shape index (κ2) is 16.0. The summed E-state index contributed by atoms with van der Waals surface area (Å²) in [4.78, 5) is 0. The van der Waals surface area contributed by atoms with Crippen LogP contribution in [0.3, 0.4) is 0 Å². The van der Waals surface area contributed by atoms with Gasteiger partial charge in [-0.1, -0.05) is 90.5 Å². The Morgan fingerprint density at radius 2 is 0.706 bits per heavy atom. The molecule has 180 valence electrons. The molecule has 0 amide bonds. The fourth-order valence-electron chi connectivity index (χ4n) is 4.58. The Morgan fingerprint density at radius 3 is 0.971 bits per heavy atom. The van der Waals surface area contributed by atoms with Gasteiger partial charge in [0.15, 0.2) is 0 Å². The van der Waals surface area contributed by atoms with Gasteiger partial charge in [0.1, 0.15) is 0 Å². The largest absolute Gasteiger partial charge is 2.00 e. The van der Waals surface area contributed by atoms with Crippen LogP contribution in [0.25, 0.3) is 21.5 Å². The molecule has 34 heavy (non-hydrogen) atoms. The molecule has 0 spiro atoms. The molecule has 0 aliphatic heterocycles. The van der Waals surface area contributed by atoms with E-state index in [0.29, 0.717) is 23.7 Å². The van der Waals surface area contributed by atoms with Gasteiger partial charge >= 0.3 is 52.4 Å². The van der Waals surface area contributed by atoms with Crippen molar-refractivity contribution in [3.63, 3.8) is 0 Å². The summed E-state index contributed by atoms with van der Waals surface area (Å²) in [6.07, 6.45) is 0. The minimum Gasteiger partial charge on any atom is -1.00 e. The maximum atomic E-state index is 2.29. The average molecular weight is 652 g/mol. The molecule has 0 heterocycles. The summed E-state index contributed by atoms with van der Waals surface area (Å²) in [7, 11) is 0. The first-order valence-electron chi connectivity index (χ1n) is 11.6. The van der Waals surface area contributed by atoms with E-state index in [1.165, 1.54) is 43.8 Å². The Bertz CT molecular complexity index is 943. The zero-order chi connectivity index (χ0) is 22.0. The molecule has 0 saturated heterocycles. The predicted molar refractivity (Wildman–Crippen MR) is 135 cm³/mol. The molecule has 0 atom stereocenters. The Morgan fingerprint density at radius 1 is 0.441 bits per heavy atom. The van der Waals surface area contributed by atoms with Gasteiger partial charge in [-0.05, 0) is 11.8 Å². The smallest absolute Gasteiger partial charge is 1.00 e.